The van der Waals surface area contributed by atoms with Crippen molar-refractivity contribution in [2.24, 2.45) is 0 Å². The van der Waals surface area contributed by atoms with Gasteiger partial charge < -0.3 is 14.6 Å². The first kappa shape index (κ1) is 19.7. The van der Waals surface area contributed by atoms with Gasteiger partial charge in [-0.15, -0.1) is 0 Å². The Balaban J connectivity index is 1.68. The van der Waals surface area contributed by atoms with Gasteiger partial charge >= 0.3 is 5.97 Å². The maximum atomic E-state index is 12.9. The third-order valence-corrected chi connectivity index (χ3v) is 4.94. The third kappa shape index (κ3) is 5.22. The fourth-order valence-corrected chi connectivity index (χ4v) is 3.11. The van der Waals surface area contributed by atoms with Crippen LogP contribution >= 0.6 is 23.2 Å². The van der Waals surface area contributed by atoms with Gasteiger partial charge in [0.15, 0.2) is 0 Å². The van der Waals surface area contributed by atoms with E-state index in [0.717, 1.165) is 5.56 Å². The quantitative estimate of drug-likeness (QED) is 0.719. The number of aliphatic hydroxyl groups excluding tert-OH is 1. The van der Waals surface area contributed by atoms with Crippen molar-refractivity contribution in [1.29, 1.82) is 0 Å². The number of carbonyl (C=O) groups is 1. The molecule has 0 spiro atoms. The van der Waals surface area contributed by atoms with Gasteiger partial charge in [-0.3, -0.25) is 4.79 Å². The van der Waals surface area contributed by atoms with Gasteiger partial charge in [-0.2, -0.15) is 0 Å². The lowest BCUT2D eigenvalue weighted by molar-refractivity contribution is -0.156. The van der Waals surface area contributed by atoms with Crippen LogP contribution in [0.15, 0.2) is 42.5 Å². The second kappa shape index (κ2) is 8.74. The van der Waals surface area contributed by atoms with Gasteiger partial charge in [0.05, 0.1) is 17.5 Å². The first-order chi connectivity index (χ1) is 12.9. The fraction of sp³-hybridized carbons (Fsp3) is 0.250. The number of cyclic esters (lactones) is 1. The lowest BCUT2D eigenvalue weighted by Gasteiger charge is -2.23. The van der Waals surface area contributed by atoms with Crippen LogP contribution in [0.4, 0.5) is 4.39 Å². The molecule has 2 aromatic rings. The molecule has 1 saturated heterocycles. The van der Waals surface area contributed by atoms with E-state index < -0.39 is 18.2 Å². The molecular weight excluding hydrogens is 394 g/mol. The van der Waals surface area contributed by atoms with Crippen molar-refractivity contribution >= 4 is 35.2 Å². The number of halogens is 3. The molecule has 1 heterocycles. The average Bonchev–Trinajstić information content (AvgIpc) is 2.63. The summed E-state index contributed by atoms with van der Waals surface area (Å²) in [6.07, 6.45) is 2.49. The monoisotopic (exact) mass is 410 g/mol. The number of hydrogen-bond donors (Lipinski definition) is 1. The zero-order valence-corrected chi connectivity index (χ0v) is 15.7. The van der Waals surface area contributed by atoms with Gasteiger partial charge in [0.25, 0.3) is 0 Å². The Morgan fingerprint density at radius 2 is 1.93 bits per heavy atom. The number of benzene rings is 2. The summed E-state index contributed by atoms with van der Waals surface area (Å²) in [4.78, 5) is 11.4. The smallest absolute Gasteiger partial charge is 0.309 e. The minimum Gasteiger partial charge on any atom is -0.487 e. The van der Waals surface area contributed by atoms with Crippen molar-refractivity contribution in [2.75, 3.05) is 0 Å². The number of ether oxygens (including phenoxy) is 2. The van der Waals surface area contributed by atoms with E-state index in [1.54, 1.807) is 36.4 Å². The summed E-state index contributed by atoms with van der Waals surface area (Å²) < 4.78 is 23.7. The van der Waals surface area contributed by atoms with Crippen molar-refractivity contribution in [1.82, 2.24) is 0 Å². The summed E-state index contributed by atoms with van der Waals surface area (Å²) in [5.41, 5.74) is 1.43. The van der Waals surface area contributed by atoms with Gasteiger partial charge in [0.2, 0.25) is 0 Å². The lowest BCUT2D eigenvalue weighted by Crippen LogP contribution is -2.31. The zero-order valence-electron chi connectivity index (χ0n) is 14.2. The molecule has 1 aliphatic rings. The molecule has 27 heavy (non-hydrogen) atoms. The van der Waals surface area contributed by atoms with E-state index in [1.807, 2.05) is 0 Å². The predicted octanol–water partition coefficient (Wildman–Crippen LogP) is 4.79. The molecule has 1 fully saturated rings. The summed E-state index contributed by atoms with van der Waals surface area (Å²) >= 11 is 12.6. The van der Waals surface area contributed by atoms with Crippen LogP contribution < -0.4 is 4.74 Å². The lowest BCUT2D eigenvalue weighted by atomic mass is 10.0. The summed E-state index contributed by atoms with van der Waals surface area (Å²) in [5, 5.41) is 10.2. The van der Waals surface area contributed by atoms with Crippen LogP contribution in [-0.4, -0.2) is 23.3 Å². The molecule has 142 valence electrons. The van der Waals surface area contributed by atoms with Crippen molar-refractivity contribution < 1.29 is 23.8 Å². The van der Waals surface area contributed by atoms with Gasteiger partial charge in [0.1, 0.15) is 29.3 Å². The van der Waals surface area contributed by atoms with Crippen molar-refractivity contribution in [3.05, 3.63) is 69.5 Å². The van der Waals surface area contributed by atoms with Crippen LogP contribution in [0, 0.1) is 5.82 Å². The number of carbonyl (C=O) groups excluding carboxylic acids is 1. The van der Waals surface area contributed by atoms with Crippen molar-refractivity contribution in [3.63, 3.8) is 0 Å². The second-order valence-corrected chi connectivity index (χ2v) is 6.93. The van der Waals surface area contributed by atoms with Crippen LogP contribution in [0.25, 0.3) is 6.08 Å². The average molecular weight is 411 g/mol. The van der Waals surface area contributed by atoms with Crippen LogP contribution in [0.3, 0.4) is 0 Å². The topological polar surface area (TPSA) is 55.8 Å². The van der Waals surface area contributed by atoms with E-state index in [2.05, 4.69) is 0 Å². The van der Waals surface area contributed by atoms with E-state index in [9.17, 15) is 14.3 Å². The van der Waals surface area contributed by atoms with Crippen LogP contribution in [0.1, 0.15) is 24.0 Å². The highest BCUT2D eigenvalue weighted by Crippen LogP contribution is 2.36. The first-order valence-corrected chi connectivity index (χ1v) is 9.09. The number of esters is 1. The largest absolute Gasteiger partial charge is 0.487 e. The molecule has 1 aliphatic heterocycles. The van der Waals surface area contributed by atoms with Gasteiger partial charge in [-0.05, 0) is 41.5 Å². The standard InChI is InChI=1S/C20H17Cl2FO4/c21-19-13(3-7-16-9-15(24)10-18(25)27-16)4-8-17(20(19)22)26-11-12-1-5-14(23)6-2-12/h1-8,15-16,24H,9-11H2/b7-3+/t15-,16-/m1/s1. The summed E-state index contributed by atoms with van der Waals surface area (Å²) in [7, 11) is 0. The summed E-state index contributed by atoms with van der Waals surface area (Å²) in [6.45, 7) is 0.224. The molecule has 7 heteroatoms. The Labute approximate surface area is 166 Å². The summed E-state index contributed by atoms with van der Waals surface area (Å²) in [5.74, 6) is -0.341. The molecule has 4 nitrogen and oxygen atoms in total. The molecule has 2 atom stereocenters. The fourth-order valence-electron chi connectivity index (χ4n) is 2.67. The van der Waals surface area contributed by atoms with Crippen LogP contribution in [0.5, 0.6) is 5.75 Å². The normalized spacial score (nSPS) is 19.9. The van der Waals surface area contributed by atoms with E-state index in [-0.39, 0.29) is 23.9 Å². The SMILES string of the molecule is O=C1C[C@H](O)C[C@@H](/C=C/c2ccc(OCc3ccc(F)cc3)c(Cl)c2Cl)O1. The number of hydrogen-bond acceptors (Lipinski definition) is 4. The number of rotatable bonds is 5. The van der Waals surface area contributed by atoms with Gasteiger partial charge in [-0.25, -0.2) is 4.39 Å². The van der Waals surface area contributed by atoms with Crippen LogP contribution in [-0.2, 0) is 16.1 Å². The van der Waals surface area contributed by atoms with Gasteiger partial charge in [-0.1, -0.05) is 41.4 Å². The first-order valence-electron chi connectivity index (χ1n) is 8.33. The molecule has 3 rings (SSSR count). The van der Waals surface area contributed by atoms with Crippen molar-refractivity contribution in [3.8, 4) is 5.75 Å². The molecule has 0 radical (unpaired) electrons. The Bertz CT molecular complexity index is 852. The molecule has 1 N–H and O–H groups in total. The highest BCUT2D eigenvalue weighted by Gasteiger charge is 2.25. The molecule has 0 aromatic heterocycles. The maximum absolute atomic E-state index is 12.9. The zero-order chi connectivity index (χ0) is 19.4. The predicted molar refractivity (Wildman–Crippen MR) is 101 cm³/mol. The molecule has 2 aromatic carbocycles. The Morgan fingerprint density at radius 1 is 1.19 bits per heavy atom. The minimum absolute atomic E-state index is 0.0109. The molecule has 0 amide bonds. The van der Waals surface area contributed by atoms with Gasteiger partial charge in [0, 0.05) is 6.42 Å². The third-order valence-electron chi connectivity index (χ3n) is 4.06. The second-order valence-electron chi connectivity index (χ2n) is 6.18. The van der Waals surface area contributed by atoms with E-state index in [0.29, 0.717) is 22.8 Å². The molecule has 0 bridgehead atoms. The highest BCUT2D eigenvalue weighted by atomic mass is 35.5. The summed E-state index contributed by atoms with van der Waals surface area (Å²) in [6, 6.07) is 9.38. The molecule has 0 saturated carbocycles. The molecule has 0 aliphatic carbocycles. The highest BCUT2D eigenvalue weighted by molar-refractivity contribution is 6.43. The van der Waals surface area contributed by atoms with Crippen molar-refractivity contribution in [2.45, 2.75) is 31.7 Å². The van der Waals surface area contributed by atoms with Crippen LogP contribution in [0.2, 0.25) is 10.0 Å². The minimum atomic E-state index is -0.706. The Morgan fingerprint density at radius 3 is 2.63 bits per heavy atom. The Hall–Kier alpha value is -2.08. The molecular formula is C20H17Cl2FO4. The Kier molecular flexibility index (Phi) is 6.37. The molecule has 0 unspecified atom stereocenters. The van der Waals surface area contributed by atoms with E-state index in [4.69, 9.17) is 32.7 Å². The number of aliphatic hydroxyl groups is 1. The van der Waals surface area contributed by atoms with E-state index in [1.165, 1.54) is 12.1 Å². The maximum Gasteiger partial charge on any atom is 0.309 e. The van der Waals surface area contributed by atoms with E-state index >= 15 is 0 Å².